The monoisotopic (exact) mass is 250 g/mol. The van der Waals surface area contributed by atoms with E-state index in [0.717, 1.165) is 19.4 Å². The van der Waals surface area contributed by atoms with Crippen molar-refractivity contribution >= 4 is 11.7 Å². The zero-order valence-corrected chi connectivity index (χ0v) is 10.4. The normalized spacial score (nSPS) is 18.7. The van der Waals surface area contributed by atoms with Gasteiger partial charge in [-0.1, -0.05) is 0 Å². The third-order valence-electron chi connectivity index (χ3n) is 3.01. The highest BCUT2D eigenvalue weighted by Gasteiger charge is 2.20. The van der Waals surface area contributed by atoms with Crippen LogP contribution in [-0.2, 0) is 4.74 Å². The van der Waals surface area contributed by atoms with Crippen molar-refractivity contribution in [2.24, 2.45) is 5.84 Å². The molecular formula is C12H18N4O2. The van der Waals surface area contributed by atoms with Crippen molar-refractivity contribution in [1.82, 2.24) is 9.88 Å². The van der Waals surface area contributed by atoms with Crippen LogP contribution in [0.2, 0.25) is 0 Å². The van der Waals surface area contributed by atoms with E-state index in [4.69, 9.17) is 10.6 Å². The van der Waals surface area contributed by atoms with Crippen LogP contribution in [0.15, 0.2) is 18.3 Å². The Morgan fingerprint density at radius 3 is 3.06 bits per heavy atom. The van der Waals surface area contributed by atoms with Crippen molar-refractivity contribution < 1.29 is 9.53 Å². The Kier molecular flexibility index (Phi) is 4.11. The van der Waals surface area contributed by atoms with Gasteiger partial charge in [-0.3, -0.25) is 4.79 Å². The summed E-state index contributed by atoms with van der Waals surface area (Å²) in [7, 11) is 1.78. The lowest BCUT2D eigenvalue weighted by atomic mass is 10.2. The summed E-state index contributed by atoms with van der Waals surface area (Å²) in [5.41, 5.74) is 2.98. The Morgan fingerprint density at radius 2 is 2.50 bits per heavy atom. The van der Waals surface area contributed by atoms with E-state index in [2.05, 4.69) is 10.4 Å². The number of likely N-dealkylation sites (N-methyl/N-ethyl adjacent to an activating group) is 1. The van der Waals surface area contributed by atoms with Crippen LogP contribution >= 0.6 is 0 Å². The minimum Gasteiger partial charge on any atom is -0.376 e. The summed E-state index contributed by atoms with van der Waals surface area (Å²) in [6.07, 6.45) is 3.78. The average Bonchev–Trinajstić information content (AvgIpc) is 2.91. The predicted molar refractivity (Wildman–Crippen MR) is 68.0 cm³/mol. The zero-order chi connectivity index (χ0) is 13.0. The quantitative estimate of drug-likeness (QED) is 0.605. The number of carbonyl (C=O) groups excluding carboxylic acids is 1. The second kappa shape index (κ2) is 5.79. The van der Waals surface area contributed by atoms with E-state index in [1.54, 1.807) is 24.1 Å². The molecule has 0 radical (unpaired) electrons. The van der Waals surface area contributed by atoms with Gasteiger partial charge in [-0.2, -0.15) is 0 Å². The van der Waals surface area contributed by atoms with Crippen LogP contribution in [0.25, 0.3) is 0 Å². The smallest absolute Gasteiger partial charge is 0.255 e. The summed E-state index contributed by atoms with van der Waals surface area (Å²) in [6.45, 7) is 1.42. The van der Waals surface area contributed by atoms with Crippen molar-refractivity contribution in [3.63, 3.8) is 0 Å². The van der Waals surface area contributed by atoms with E-state index in [1.807, 2.05) is 0 Å². The lowest BCUT2D eigenvalue weighted by Crippen LogP contribution is -2.34. The molecule has 1 aliphatic rings. The molecule has 0 bridgehead atoms. The van der Waals surface area contributed by atoms with Gasteiger partial charge in [0.05, 0.1) is 11.7 Å². The van der Waals surface area contributed by atoms with Crippen LogP contribution < -0.4 is 11.3 Å². The number of hydrazine groups is 1. The Hall–Kier alpha value is -1.66. The van der Waals surface area contributed by atoms with Crippen LogP contribution in [0.4, 0.5) is 5.82 Å². The molecule has 1 atom stereocenters. The summed E-state index contributed by atoms with van der Waals surface area (Å²) in [6, 6.07) is 3.38. The zero-order valence-electron chi connectivity index (χ0n) is 10.4. The summed E-state index contributed by atoms with van der Waals surface area (Å²) in [4.78, 5) is 17.8. The van der Waals surface area contributed by atoms with Crippen LogP contribution in [0.5, 0.6) is 0 Å². The number of nitrogens with one attached hydrogen (secondary N) is 1. The molecule has 98 valence electrons. The maximum Gasteiger partial charge on any atom is 0.255 e. The van der Waals surface area contributed by atoms with Gasteiger partial charge >= 0.3 is 0 Å². The largest absolute Gasteiger partial charge is 0.376 e. The Morgan fingerprint density at radius 1 is 1.67 bits per heavy atom. The number of nitrogen functional groups attached to an aromatic ring is 1. The first-order valence-corrected chi connectivity index (χ1v) is 6.00. The number of amides is 1. The fraction of sp³-hybridized carbons (Fsp3) is 0.500. The minimum atomic E-state index is -0.0541. The van der Waals surface area contributed by atoms with Gasteiger partial charge in [-0.25, -0.2) is 10.8 Å². The molecule has 1 aromatic heterocycles. The first kappa shape index (κ1) is 12.8. The fourth-order valence-corrected chi connectivity index (χ4v) is 2.00. The van der Waals surface area contributed by atoms with Gasteiger partial charge in [0.1, 0.15) is 5.82 Å². The van der Waals surface area contributed by atoms with Crippen LogP contribution in [0, 0.1) is 0 Å². The molecule has 0 saturated carbocycles. The van der Waals surface area contributed by atoms with Crippen molar-refractivity contribution in [2.75, 3.05) is 25.6 Å². The molecule has 1 aromatic rings. The van der Waals surface area contributed by atoms with Gasteiger partial charge < -0.3 is 15.1 Å². The number of pyridine rings is 1. The van der Waals surface area contributed by atoms with Crippen molar-refractivity contribution in [3.05, 3.63) is 23.9 Å². The van der Waals surface area contributed by atoms with Crippen molar-refractivity contribution in [1.29, 1.82) is 0 Å². The number of carbonyl (C=O) groups is 1. The highest BCUT2D eigenvalue weighted by atomic mass is 16.5. The number of ether oxygens (including phenoxy) is 1. The topological polar surface area (TPSA) is 80.5 Å². The Balaban J connectivity index is 1.95. The second-order valence-corrected chi connectivity index (χ2v) is 4.40. The molecule has 0 spiro atoms. The number of hydrogen-bond donors (Lipinski definition) is 2. The third kappa shape index (κ3) is 2.96. The summed E-state index contributed by atoms with van der Waals surface area (Å²) < 4.78 is 5.51. The van der Waals surface area contributed by atoms with Gasteiger partial charge in [0.2, 0.25) is 0 Å². The molecule has 1 amide bonds. The number of hydrogen-bond acceptors (Lipinski definition) is 5. The summed E-state index contributed by atoms with van der Waals surface area (Å²) in [5, 5.41) is 0. The number of nitrogens with zero attached hydrogens (tertiary/aromatic N) is 2. The molecule has 2 rings (SSSR count). The first-order chi connectivity index (χ1) is 8.70. The molecule has 2 heterocycles. The average molecular weight is 250 g/mol. The van der Waals surface area contributed by atoms with E-state index in [0.29, 0.717) is 17.9 Å². The van der Waals surface area contributed by atoms with Gasteiger partial charge in [-0.05, 0) is 25.0 Å². The molecule has 1 saturated heterocycles. The molecule has 0 aromatic carbocycles. The van der Waals surface area contributed by atoms with Crippen LogP contribution in [-0.4, -0.2) is 42.1 Å². The maximum atomic E-state index is 12.1. The molecule has 1 unspecified atom stereocenters. The van der Waals surface area contributed by atoms with E-state index in [-0.39, 0.29) is 12.0 Å². The van der Waals surface area contributed by atoms with E-state index in [9.17, 15) is 4.79 Å². The van der Waals surface area contributed by atoms with E-state index in [1.165, 1.54) is 6.20 Å². The van der Waals surface area contributed by atoms with Gasteiger partial charge in [-0.15, -0.1) is 0 Å². The third-order valence-corrected chi connectivity index (χ3v) is 3.01. The maximum absolute atomic E-state index is 12.1. The lowest BCUT2D eigenvalue weighted by molar-refractivity contribution is 0.0587. The van der Waals surface area contributed by atoms with Crippen molar-refractivity contribution in [3.8, 4) is 0 Å². The second-order valence-electron chi connectivity index (χ2n) is 4.40. The molecule has 3 N–H and O–H groups in total. The predicted octanol–water partition coefficient (Wildman–Crippen LogP) is 0.618. The number of nitrogens with two attached hydrogens (primary N) is 1. The summed E-state index contributed by atoms with van der Waals surface area (Å²) in [5.74, 6) is 5.70. The SMILES string of the molecule is CN(CC1CCCO1)C(=O)c1ccc(NN)nc1. The standard InChI is InChI=1S/C12H18N4O2/c1-16(8-10-3-2-6-18-10)12(17)9-4-5-11(15-13)14-7-9/h4-5,7,10H,2-3,6,8,13H2,1H3,(H,14,15). The van der Waals surface area contributed by atoms with Gasteiger partial charge in [0, 0.05) is 26.4 Å². The van der Waals surface area contributed by atoms with Crippen LogP contribution in [0.3, 0.4) is 0 Å². The highest BCUT2D eigenvalue weighted by molar-refractivity contribution is 5.93. The molecule has 1 aliphatic heterocycles. The molecule has 18 heavy (non-hydrogen) atoms. The number of rotatable bonds is 4. The van der Waals surface area contributed by atoms with E-state index >= 15 is 0 Å². The number of aromatic nitrogens is 1. The molecular weight excluding hydrogens is 232 g/mol. The molecule has 1 fully saturated rings. The minimum absolute atomic E-state index is 0.0541. The van der Waals surface area contributed by atoms with Gasteiger partial charge in [0.15, 0.2) is 0 Å². The molecule has 6 heteroatoms. The lowest BCUT2D eigenvalue weighted by Gasteiger charge is -2.20. The molecule has 6 nitrogen and oxygen atoms in total. The van der Waals surface area contributed by atoms with Crippen LogP contribution in [0.1, 0.15) is 23.2 Å². The molecule has 0 aliphatic carbocycles. The van der Waals surface area contributed by atoms with Crippen molar-refractivity contribution in [2.45, 2.75) is 18.9 Å². The van der Waals surface area contributed by atoms with Gasteiger partial charge in [0.25, 0.3) is 5.91 Å². The Bertz CT molecular complexity index is 401. The Labute approximate surface area is 106 Å². The first-order valence-electron chi connectivity index (χ1n) is 6.00. The fourth-order valence-electron chi connectivity index (χ4n) is 2.00. The highest BCUT2D eigenvalue weighted by Crippen LogP contribution is 2.14. The summed E-state index contributed by atoms with van der Waals surface area (Å²) >= 11 is 0. The van der Waals surface area contributed by atoms with E-state index < -0.39 is 0 Å². The number of anilines is 1.